The lowest BCUT2D eigenvalue weighted by Crippen LogP contribution is -2.55. The largest absolute Gasteiger partial charge is 0.480 e. The van der Waals surface area contributed by atoms with Crippen LogP contribution in [0.1, 0.15) is 13.3 Å². The van der Waals surface area contributed by atoms with Crippen LogP contribution in [0.5, 0.6) is 0 Å². The number of amides is 2. The zero-order valence-electron chi connectivity index (χ0n) is 9.77. The summed E-state index contributed by atoms with van der Waals surface area (Å²) in [4.78, 5) is 25.8. The van der Waals surface area contributed by atoms with Crippen LogP contribution in [0.15, 0.2) is 0 Å². The molecule has 2 N–H and O–H groups in total. The normalized spacial score (nSPS) is 21.9. The maximum absolute atomic E-state index is 11.6. The van der Waals surface area contributed by atoms with Crippen molar-refractivity contribution in [2.24, 2.45) is 0 Å². The van der Waals surface area contributed by atoms with Crippen LogP contribution in [0.4, 0.5) is 4.79 Å². The van der Waals surface area contributed by atoms with Crippen molar-refractivity contribution in [3.8, 4) is 0 Å². The van der Waals surface area contributed by atoms with Gasteiger partial charge < -0.3 is 15.3 Å². The molecule has 1 aliphatic heterocycles. The summed E-state index contributed by atoms with van der Waals surface area (Å²) in [6.07, 6.45) is 0.985. The Morgan fingerprint density at radius 2 is 2.12 bits per heavy atom. The molecule has 0 spiro atoms. The number of hydrogen-bond donors (Lipinski definition) is 2. The molecule has 92 valence electrons. The van der Waals surface area contributed by atoms with Gasteiger partial charge in [-0.05, 0) is 13.5 Å². The van der Waals surface area contributed by atoms with Gasteiger partial charge in [0.2, 0.25) is 0 Å². The Morgan fingerprint density at radius 3 is 2.69 bits per heavy atom. The third kappa shape index (κ3) is 3.37. The van der Waals surface area contributed by atoms with Crippen molar-refractivity contribution in [1.29, 1.82) is 0 Å². The Morgan fingerprint density at radius 1 is 1.44 bits per heavy atom. The highest BCUT2D eigenvalue weighted by atomic mass is 16.4. The van der Waals surface area contributed by atoms with Crippen molar-refractivity contribution in [2.75, 3.05) is 33.2 Å². The minimum absolute atomic E-state index is 0.283. The molecule has 0 bridgehead atoms. The molecule has 2 amide bonds. The van der Waals surface area contributed by atoms with E-state index in [0.29, 0.717) is 19.1 Å². The first-order valence-electron chi connectivity index (χ1n) is 5.49. The molecule has 0 aromatic rings. The molecule has 16 heavy (non-hydrogen) atoms. The molecule has 1 fully saturated rings. The fraction of sp³-hybridized carbons (Fsp3) is 0.800. The van der Waals surface area contributed by atoms with E-state index >= 15 is 0 Å². The summed E-state index contributed by atoms with van der Waals surface area (Å²) in [5.41, 5.74) is 0. The molecule has 1 unspecified atom stereocenters. The van der Waals surface area contributed by atoms with Crippen LogP contribution >= 0.6 is 0 Å². The molecule has 1 rings (SSSR count). The lowest BCUT2D eigenvalue weighted by molar-refractivity contribution is -0.135. The fourth-order valence-corrected chi connectivity index (χ4v) is 1.83. The van der Waals surface area contributed by atoms with Crippen molar-refractivity contribution in [3.05, 3.63) is 0 Å². The number of aliphatic carboxylic acids is 1. The molecule has 0 aliphatic carbocycles. The second kappa shape index (κ2) is 5.69. The summed E-state index contributed by atoms with van der Waals surface area (Å²) in [6.45, 7) is 3.91. The highest BCUT2D eigenvalue weighted by molar-refractivity contribution is 5.80. The van der Waals surface area contributed by atoms with Crippen molar-refractivity contribution in [2.45, 2.75) is 19.4 Å². The number of urea groups is 1. The molecule has 6 heteroatoms. The Kier molecular flexibility index (Phi) is 4.54. The maximum atomic E-state index is 11.6. The summed E-state index contributed by atoms with van der Waals surface area (Å²) in [7, 11) is 2.04. The monoisotopic (exact) mass is 229 g/mol. The van der Waals surface area contributed by atoms with Crippen LogP contribution in [-0.4, -0.2) is 66.2 Å². The number of carboxylic acid groups (broad SMARTS) is 1. The van der Waals surface area contributed by atoms with Gasteiger partial charge in [0, 0.05) is 25.7 Å². The molecule has 1 heterocycles. The standard InChI is InChI=1S/C10H19N3O3/c1-3-8-7-13(5-4-12(8)2)10(16)11-6-9(14)15/h8H,3-7H2,1-2H3,(H,11,16)(H,14,15). The van der Waals surface area contributed by atoms with Crippen LogP contribution in [0.25, 0.3) is 0 Å². The van der Waals surface area contributed by atoms with E-state index in [4.69, 9.17) is 5.11 Å². The average Bonchev–Trinajstić information content (AvgIpc) is 2.26. The van der Waals surface area contributed by atoms with Crippen LogP contribution in [0.3, 0.4) is 0 Å². The quantitative estimate of drug-likeness (QED) is 0.703. The summed E-state index contributed by atoms with van der Waals surface area (Å²) in [5.74, 6) is -1.02. The summed E-state index contributed by atoms with van der Waals surface area (Å²) < 4.78 is 0. The van der Waals surface area contributed by atoms with E-state index in [1.54, 1.807) is 4.90 Å². The minimum atomic E-state index is -1.02. The summed E-state index contributed by atoms with van der Waals surface area (Å²) >= 11 is 0. The van der Waals surface area contributed by atoms with E-state index < -0.39 is 5.97 Å². The molecular weight excluding hydrogens is 210 g/mol. The van der Waals surface area contributed by atoms with Gasteiger partial charge in [-0.2, -0.15) is 0 Å². The zero-order chi connectivity index (χ0) is 12.1. The van der Waals surface area contributed by atoms with E-state index in [2.05, 4.69) is 17.1 Å². The van der Waals surface area contributed by atoms with Gasteiger partial charge in [-0.3, -0.25) is 9.69 Å². The molecule has 1 saturated heterocycles. The third-order valence-corrected chi connectivity index (χ3v) is 2.93. The van der Waals surface area contributed by atoms with Crippen molar-refractivity contribution in [1.82, 2.24) is 15.1 Å². The van der Waals surface area contributed by atoms with E-state index in [1.165, 1.54) is 0 Å². The Bertz CT molecular complexity index is 270. The molecular formula is C10H19N3O3. The molecule has 0 aromatic heterocycles. The van der Waals surface area contributed by atoms with E-state index in [-0.39, 0.29) is 12.6 Å². The van der Waals surface area contributed by atoms with Gasteiger partial charge in [-0.15, -0.1) is 0 Å². The summed E-state index contributed by atoms with van der Waals surface area (Å²) in [6, 6.07) is 0.0817. The molecule has 0 aromatic carbocycles. The second-order valence-electron chi connectivity index (χ2n) is 4.04. The fourth-order valence-electron chi connectivity index (χ4n) is 1.83. The topological polar surface area (TPSA) is 72.9 Å². The number of hydrogen-bond acceptors (Lipinski definition) is 3. The van der Waals surface area contributed by atoms with Gasteiger partial charge >= 0.3 is 12.0 Å². The zero-order valence-corrected chi connectivity index (χ0v) is 9.77. The van der Waals surface area contributed by atoms with Gasteiger partial charge in [-0.25, -0.2) is 4.79 Å². The number of carbonyl (C=O) groups is 2. The molecule has 0 saturated carbocycles. The SMILES string of the molecule is CCC1CN(C(=O)NCC(=O)O)CCN1C. The van der Waals surface area contributed by atoms with Crippen LogP contribution in [-0.2, 0) is 4.79 Å². The van der Waals surface area contributed by atoms with Crippen LogP contribution in [0.2, 0.25) is 0 Å². The Hall–Kier alpha value is -1.30. The molecule has 6 nitrogen and oxygen atoms in total. The summed E-state index contributed by atoms with van der Waals surface area (Å²) in [5, 5.41) is 10.8. The van der Waals surface area contributed by atoms with E-state index in [1.807, 2.05) is 7.05 Å². The number of nitrogens with zero attached hydrogens (tertiary/aromatic N) is 2. The number of piperazine rings is 1. The maximum Gasteiger partial charge on any atom is 0.323 e. The smallest absolute Gasteiger partial charge is 0.323 e. The van der Waals surface area contributed by atoms with Gasteiger partial charge in [-0.1, -0.05) is 6.92 Å². The number of likely N-dealkylation sites (N-methyl/N-ethyl adjacent to an activating group) is 1. The van der Waals surface area contributed by atoms with Gasteiger partial charge in [0.05, 0.1) is 0 Å². The van der Waals surface area contributed by atoms with Crippen LogP contribution in [0, 0.1) is 0 Å². The predicted molar refractivity (Wildman–Crippen MR) is 59.3 cm³/mol. The first-order valence-corrected chi connectivity index (χ1v) is 5.49. The van der Waals surface area contributed by atoms with Crippen molar-refractivity contribution >= 4 is 12.0 Å². The highest BCUT2D eigenvalue weighted by Gasteiger charge is 2.25. The van der Waals surface area contributed by atoms with Gasteiger partial charge in [0.15, 0.2) is 0 Å². The minimum Gasteiger partial charge on any atom is -0.480 e. The Labute approximate surface area is 95.2 Å². The second-order valence-corrected chi connectivity index (χ2v) is 4.04. The number of rotatable bonds is 3. The third-order valence-electron chi connectivity index (χ3n) is 2.93. The first kappa shape index (κ1) is 12.8. The number of carbonyl (C=O) groups excluding carboxylic acids is 1. The lowest BCUT2D eigenvalue weighted by atomic mass is 10.1. The molecule has 1 aliphatic rings. The lowest BCUT2D eigenvalue weighted by Gasteiger charge is -2.38. The van der Waals surface area contributed by atoms with Crippen LogP contribution < -0.4 is 5.32 Å². The highest BCUT2D eigenvalue weighted by Crippen LogP contribution is 2.10. The average molecular weight is 229 g/mol. The van der Waals surface area contributed by atoms with Crippen molar-refractivity contribution in [3.63, 3.8) is 0 Å². The van der Waals surface area contributed by atoms with Gasteiger partial charge in [0.25, 0.3) is 0 Å². The van der Waals surface area contributed by atoms with Crippen molar-refractivity contribution < 1.29 is 14.7 Å². The first-order chi connectivity index (χ1) is 7.54. The predicted octanol–water partition coefficient (Wildman–Crippen LogP) is -0.193. The molecule has 1 atom stereocenters. The molecule has 0 radical (unpaired) electrons. The van der Waals surface area contributed by atoms with E-state index in [9.17, 15) is 9.59 Å². The number of carboxylic acids is 1. The number of nitrogens with one attached hydrogen (secondary N) is 1. The van der Waals surface area contributed by atoms with Gasteiger partial charge in [0.1, 0.15) is 6.54 Å². The Balaban J connectivity index is 2.42. The van der Waals surface area contributed by atoms with E-state index in [0.717, 1.165) is 13.0 Å².